The summed E-state index contributed by atoms with van der Waals surface area (Å²) in [6, 6.07) is 7.70. The van der Waals surface area contributed by atoms with Crippen LogP contribution in [0.5, 0.6) is 0 Å². The Hall–Kier alpha value is -2.02. The van der Waals surface area contributed by atoms with E-state index in [0.29, 0.717) is 33.0 Å². The molecule has 0 unspecified atom stereocenters. The molecule has 10 heteroatoms. The van der Waals surface area contributed by atoms with Crippen LogP contribution in [0.25, 0.3) is 0 Å². The van der Waals surface area contributed by atoms with E-state index in [-0.39, 0.29) is 11.9 Å². The number of esters is 2. The van der Waals surface area contributed by atoms with Crippen molar-refractivity contribution < 1.29 is 23.8 Å². The van der Waals surface area contributed by atoms with Gasteiger partial charge < -0.3 is 19.9 Å². The summed E-state index contributed by atoms with van der Waals surface area (Å²) < 4.78 is 14.5. The van der Waals surface area contributed by atoms with E-state index in [1.807, 2.05) is 37.2 Å². The van der Waals surface area contributed by atoms with Crippen molar-refractivity contribution in [3.05, 3.63) is 68.8 Å². The van der Waals surface area contributed by atoms with Crippen molar-refractivity contribution in [3.8, 4) is 0 Å². The van der Waals surface area contributed by atoms with Gasteiger partial charge in [0.1, 0.15) is 4.99 Å². The molecule has 2 aromatic rings. The second kappa shape index (κ2) is 19.5. The van der Waals surface area contributed by atoms with Gasteiger partial charge >= 0.3 is 11.9 Å². The van der Waals surface area contributed by atoms with Crippen molar-refractivity contribution in [1.29, 1.82) is 5.41 Å². The highest BCUT2D eigenvalue weighted by Gasteiger charge is 2.26. The standard InChI is InChI=1S/C15H19NO2S.C14H17NO2S.C4H8O.CH3I/c1-9-7-12(10-5-4-6-10)13(14(16)19-3)8-11(9)15(17)18-2;1-8-6-11(9-4-3-5-9)12(13(15)18)7-10(8)14(16)17-2;1-2-4-5-3-1;1-2/h7-8,10,16H,4-6H2,1-3H3;6-7,9H,3-5H2,1-2H3,(H2,15,18);1-4H2;1H3. The number of nitrogens with two attached hydrogens (primary N) is 1. The van der Waals surface area contributed by atoms with Crippen LogP contribution in [-0.2, 0) is 14.2 Å². The highest BCUT2D eigenvalue weighted by molar-refractivity contribution is 14.1. The first-order valence-corrected chi connectivity index (χ1v) is 18.8. The Bertz CT molecular complexity index is 1300. The van der Waals surface area contributed by atoms with Crippen molar-refractivity contribution in [2.45, 2.75) is 77.0 Å². The lowest BCUT2D eigenvalue weighted by atomic mass is 9.77. The third-order valence-corrected chi connectivity index (χ3v) is 9.08. The molecular formula is C34H47IN2O5S2. The predicted molar refractivity (Wildman–Crippen MR) is 194 cm³/mol. The molecule has 1 saturated heterocycles. The van der Waals surface area contributed by atoms with Crippen LogP contribution in [0.3, 0.4) is 0 Å². The first-order valence-electron chi connectivity index (χ1n) is 15.0. The van der Waals surface area contributed by atoms with Gasteiger partial charge in [-0.25, -0.2) is 9.59 Å². The maximum atomic E-state index is 11.8. The number of halogens is 1. The molecule has 2 aromatic carbocycles. The molecule has 0 radical (unpaired) electrons. The van der Waals surface area contributed by atoms with Crippen LogP contribution < -0.4 is 5.73 Å². The Morgan fingerprint density at radius 2 is 1.23 bits per heavy atom. The van der Waals surface area contributed by atoms with E-state index in [0.717, 1.165) is 35.5 Å². The largest absolute Gasteiger partial charge is 0.465 e. The molecule has 0 bridgehead atoms. The van der Waals surface area contributed by atoms with Gasteiger partial charge in [0.25, 0.3) is 0 Å². The lowest BCUT2D eigenvalue weighted by molar-refractivity contribution is 0.0591. The highest BCUT2D eigenvalue weighted by Crippen LogP contribution is 2.40. The molecule has 0 aromatic heterocycles. The predicted octanol–water partition coefficient (Wildman–Crippen LogP) is 8.27. The Balaban J connectivity index is 0.000000252. The molecule has 44 heavy (non-hydrogen) atoms. The SMILES string of the molecule is C1CCOC1.CI.COC(=O)c1cc(C(=N)SC)c(C2CCC2)cc1C.COC(=O)c1cc(C(N)=S)c(C2CCC2)cc1C. The number of carbonyl (C=O) groups excluding carboxylic acids is 2. The maximum absolute atomic E-state index is 11.8. The molecule has 3 aliphatic rings. The molecule has 1 aliphatic heterocycles. The number of nitrogens with one attached hydrogen (secondary N) is 1. The monoisotopic (exact) mass is 754 g/mol. The summed E-state index contributed by atoms with van der Waals surface area (Å²) in [6.45, 7) is 5.85. The van der Waals surface area contributed by atoms with Crippen molar-refractivity contribution in [2.75, 3.05) is 38.6 Å². The van der Waals surface area contributed by atoms with E-state index in [9.17, 15) is 9.59 Å². The Morgan fingerprint density at radius 3 is 1.52 bits per heavy atom. The normalized spacial score (nSPS) is 15.4. The average molecular weight is 755 g/mol. The molecule has 0 amide bonds. The summed E-state index contributed by atoms with van der Waals surface area (Å²) in [7, 11) is 2.77. The molecule has 2 aliphatic carbocycles. The van der Waals surface area contributed by atoms with Gasteiger partial charge in [0, 0.05) is 24.3 Å². The minimum absolute atomic E-state index is 0.326. The summed E-state index contributed by atoms with van der Waals surface area (Å²) in [6.07, 6.45) is 11.7. The minimum atomic E-state index is -0.342. The van der Waals surface area contributed by atoms with Crippen molar-refractivity contribution in [3.63, 3.8) is 0 Å². The van der Waals surface area contributed by atoms with E-state index < -0.39 is 0 Å². The number of ether oxygens (including phenoxy) is 3. The molecule has 3 fully saturated rings. The highest BCUT2D eigenvalue weighted by atomic mass is 127. The van der Waals surface area contributed by atoms with Gasteiger partial charge in [0.15, 0.2) is 0 Å². The second-order valence-corrected chi connectivity index (χ2v) is 12.2. The first-order chi connectivity index (χ1) is 21.1. The molecule has 0 spiro atoms. The fourth-order valence-corrected chi connectivity index (χ4v) is 5.84. The van der Waals surface area contributed by atoms with Gasteiger partial charge in [-0.2, -0.15) is 0 Å². The van der Waals surface area contributed by atoms with Crippen LogP contribution in [0.15, 0.2) is 24.3 Å². The van der Waals surface area contributed by atoms with E-state index in [2.05, 4.69) is 28.7 Å². The molecule has 2 saturated carbocycles. The topological polar surface area (TPSA) is 112 Å². The molecule has 0 atom stereocenters. The van der Waals surface area contributed by atoms with Gasteiger partial charge in [-0.3, -0.25) is 5.41 Å². The third kappa shape index (κ3) is 10.3. The Labute approximate surface area is 286 Å². The first kappa shape index (κ1) is 38.2. The van der Waals surface area contributed by atoms with E-state index in [4.69, 9.17) is 37.6 Å². The molecule has 1 heterocycles. The summed E-state index contributed by atoms with van der Waals surface area (Å²) in [5.74, 6) is 0.415. The zero-order valence-corrected chi connectivity index (χ0v) is 30.6. The number of alkyl halides is 1. The molecule has 3 N–H and O–H groups in total. The van der Waals surface area contributed by atoms with Crippen LogP contribution in [0.2, 0.25) is 0 Å². The molecule has 7 nitrogen and oxygen atoms in total. The average Bonchev–Trinajstić information content (AvgIpc) is 3.56. The van der Waals surface area contributed by atoms with Crippen molar-refractivity contribution in [2.24, 2.45) is 5.73 Å². The van der Waals surface area contributed by atoms with E-state index >= 15 is 0 Å². The van der Waals surface area contributed by atoms with E-state index in [1.54, 1.807) is 6.07 Å². The van der Waals surface area contributed by atoms with Gasteiger partial charge in [0.2, 0.25) is 0 Å². The Morgan fingerprint density at radius 1 is 0.818 bits per heavy atom. The zero-order valence-electron chi connectivity index (χ0n) is 26.8. The summed E-state index contributed by atoms with van der Waals surface area (Å²) in [5, 5.41) is 8.61. The van der Waals surface area contributed by atoms with Gasteiger partial charge in [-0.15, -0.1) is 11.8 Å². The summed E-state index contributed by atoms with van der Waals surface area (Å²) in [4.78, 5) is 25.7. The van der Waals surface area contributed by atoms with Gasteiger partial charge in [0.05, 0.1) is 30.4 Å². The van der Waals surface area contributed by atoms with Crippen LogP contribution in [0, 0.1) is 19.3 Å². The fourth-order valence-electron chi connectivity index (χ4n) is 5.26. The lowest BCUT2D eigenvalue weighted by Crippen LogP contribution is -2.19. The zero-order chi connectivity index (χ0) is 32.8. The Kier molecular flexibility index (Phi) is 16.9. The quantitative estimate of drug-likeness (QED) is 0.0758. The molecular weight excluding hydrogens is 707 g/mol. The number of benzene rings is 2. The maximum Gasteiger partial charge on any atom is 0.338 e. The van der Waals surface area contributed by atoms with Crippen molar-refractivity contribution >= 4 is 68.5 Å². The number of aryl methyl sites for hydroxylation is 2. The number of hydrogen-bond acceptors (Lipinski definition) is 8. The lowest BCUT2D eigenvalue weighted by Gasteiger charge is -2.28. The van der Waals surface area contributed by atoms with Crippen LogP contribution >= 0.6 is 46.6 Å². The van der Waals surface area contributed by atoms with Crippen molar-refractivity contribution in [1.82, 2.24) is 0 Å². The van der Waals surface area contributed by atoms with Gasteiger partial charge in [-0.05, 0) is 110 Å². The number of thioether (sulfide) groups is 1. The third-order valence-electron chi connectivity index (χ3n) is 8.24. The number of carbonyl (C=O) groups is 2. The van der Waals surface area contributed by atoms with E-state index in [1.165, 1.54) is 88.5 Å². The molecule has 242 valence electrons. The smallest absolute Gasteiger partial charge is 0.338 e. The summed E-state index contributed by atoms with van der Waals surface area (Å²) >= 11 is 8.65. The number of methoxy groups -OCH3 is 2. The van der Waals surface area contributed by atoms with Crippen LogP contribution in [0.4, 0.5) is 0 Å². The number of hydrogen-bond donors (Lipinski definition) is 2. The van der Waals surface area contributed by atoms with Crippen LogP contribution in [0.1, 0.15) is 117 Å². The van der Waals surface area contributed by atoms with Gasteiger partial charge in [-0.1, -0.05) is 59.8 Å². The number of thiocarbonyl (C=S) groups is 1. The summed E-state index contributed by atoms with van der Waals surface area (Å²) in [5.41, 5.74) is 12.9. The van der Waals surface area contributed by atoms with Crippen LogP contribution in [-0.4, -0.2) is 60.6 Å². The fraction of sp³-hybridized carbons (Fsp3) is 0.529. The minimum Gasteiger partial charge on any atom is -0.465 e. The second-order valence-electron chi connectivity index (χ2n) is 11.0. The number of rotatable bonds is 6. The molecule has 5 rings (SSSR count).